The van der Waals surface area contributed by atoms with Gasteiger partial charge in [-0.3, -0.25) is 0 Å². The Morgan fingerprint density at radius 1 is 1.12 bits per heavy atom. The quantitative estimate of drug-likeness (QED) is 0.797. The van der Waals surface area contributed by atoms with Crippen molar-refractivity contribution in [3.05, 3.63) is 66.8 Å². The highest BCUT2D eigenvalue weighted by atomic mass is 16.5. The van der Waals surface area contributed by atoms with E-state index in [4.69, 9.17) is 4.74 Å². The van der Waals surface area contributed by atoms with Gasteiger partial charge in [0.1, 0.15) is 12.1 Å². The van der Waals surface area contributed by atoms with E-state index < -0.39 is 0 Å². The molecule has 1 aliphatic heterocycles. The van der Waals surface area contributed by atoms with Crippen molar-refractivity contribution >= 4 is 11.6 Å². The molecule has 5 heteroatoms. The molecule has 0 saturated carbocycles. The average Bonchev–Trinajstić information content (AvgIpc) is 3.11. The summed E-state index contributed by atoms with van der Waals surface area (Å²) in [4.78, 5) is 13.1. The van der Waals surface area contributed by atoms with Gasteiger partial charge in [0.05, 0.1) is 12.2 Å². The third kappa shape index (κ3) is 2.80. The van der Waals surface area contributed by atoms with Crippen LogP contribution in [-0.4, -0.2) is 21.6 Å². The summed E-state index contributed by atoms with van der Waals surface area (Å²) in [7, 11) is 0. The van der Waals surface area contributed by atoms with Gasteiger partial charge in [0.15, 0.2) is 5.82 Å². The van der Waals surface area contributed by atoms with Crippen LogP contribution in [0, 0.1) is 6.92 Å². The second-order valence-corrected chi connectivity index (χ2v) is 5.60. The Morgan fingerprint density at radius 3 is 2.96 bits per heavy atom. The number of hydrogen-bond acceptors (Lipinski definition) is 5. The van der Waals surface area contributed by atoms with Crippen molar-refractivity contribution in [1.29, 1.82) is 0 Å². The van der Waals surface area contributed by atoms with Crippen LogP contribution in [0.2, 0.25) is 0 Å². The molecule has 1 N–H and O–H groups in total. The molecule has 0 aliphatic carbocycles. The summed E-state index contributed by atoms with van der Waals surface area (Å²) in [5, 5.41) is 3.23. The molecule has 0 fully saturated rings. The van der Waals surface area contributed by atoms with Gasteiger partial charge in [0, 0.05) is 12.1 Å². The summed E-state index contributed by atoms with van der Waals surface area (Å²) < 4.78 is 5.74. The van der Waals surface area contributed by atoms with E-state index in [-0.39, 0.29) is 0 Å². The van der Waals surface area contributed by atoms with E-state index in [9.17, 15) is 0 Å². The van der Waals surface area contributed by atoms with Gasteiger partial charge in [-0.15, -0.1) is 0 Å². The monoisotopic (exact) mass is 317 g/mol. The maximum atomic E-state index is 5.74. The molecule has 1 aromatic heterocycles. The second-order valence-electron chi connectivity index (χ2n) is 5.60. The first-order valence-electron chi connectivity index (χ1n) is 7.93. The van der Waals surface area contributed by atoms with Gasteiger partial charge in [-0.25, -0.2) is 9.97 Å². The van der Waals surface area contributed by atoms with Crippen LogP contribution in [0.1, 0.15) is 11.1 Å². The molecule has 0 atom stereocenters. The zero-order chi connectivity index (χ0) is 16.4. The first-order valence-corrected chi connectivity index (χ1v) is 7.93. The minimum Gasteiger partial charge on any atom is -0.492 e. The lowest BCUT2D eigenvalue weighted by Crippen LogP contribution is -2.01. The first-order chi connectivity index (χ1) is 11.8. The Bertz CT molecular complexity index is 879. The number of fused-ring (bicyclic) bond motifs is 1. The zero-order valence-corrected chi connectivity index (χ0v) is 13.2. The lowest BCUT2D eigenvalue weighted by atomic mass is 10.1. The molecular weight excluding hydrogens is 300 g/mol. The van der Waals surface area contributed by atoms with Crippen LogP contribution in [0.4, 0.5) is 11.6 Å². The largest absolute Gasteiger partial charge is 0.492 e. The molecule has 5 nitrogen and oxygen atoms in total. The van der Waals surface area contributed by atoms with Crippen LogP contribution in [0.3, 0.4) is 0 Å². The molecule has 3 aromatic rings. The number of aromatic nitrogens is 3. The molecule has 0 amide bonds. The summed E-state index contributed by atoms with van der Waals surface area (Å²) in [5.74, 6) is 2.00. The van der Waals surface area contributed by atoms with Crippen molar-refractivity contribution in [3.63, 3.8) is 0 Å². The Balaban J connectivity index is 1.66. The number of hydrogen-bond donors (Lipinski definition) is 1. The molecule has 0 bridgehead atoms. The minimum absolute atomic E-state index is 0.511. The van der Waals surface area contributed by atoms with E-state index in [0.29, 0.717) is 18.4 Å². The summed E-state index contributed by atoms with van der Waals surface area (Å²) in [5.41, 5.74) is 4.19. The molecule has 1 aliphatic rings. The first kappa shape index (κ1) is 14.6. The SMILES string of the molecule is [CH2]Cc1cccc(Nc2ncnc(-c3cccc4c3OCC4)n2)c1. The van der Waals surface area contributed by atoms with Crippen molar-refractivity contribution in [2.45, 2.75) is 12.8 Å². The van der Waals surface area contributed by atoms with Gasteiger partial charge in [-0.2, -0.15) is 4.98 Å². The third-order valence-electron chi connectivity index (χ3n) is 4.00. The van der Waals surface area contributed by atoms with E-state index in [1.54, 1.807) is 0 Å². The number of nitrogens with one attached hydrogen (secondary N) is 1. The lowest BCUT2D eigenvalue weighted by Gasteiger charge is -2.09. The van der Waals surface area contributed by atoms with E-state index in [2.05, 4.69) is 33.3 Å². The molecule has 119 valence electrons. The van der Waals surface area contributed by atoms with Crippen LogP contribution in [0.15, 0.2) is 48.8 Å². The van der Waals surface area contributed by atoms with Crippen LogP contribution in [0.25, 0.3) is 11.4 Å². The average molecular weight is 317 g/mol. The molecule has 4 rings (SSSR count). The summed E-state index contributed by atoms with van der Waals surface area (Å²) in [6.45, 7) is 4.62. The maximum absolute atomic E-state index is 5.74. The number of nitrogens with zero attached hydrogens (tertiary/aromatic N) is 3. The normalized spacial score (nSPS) is 12.5. The highest BCUT2D eigenvalue weighted by Crippen LogP contribution is 2.35. The fourth-order valence-corrected chi connectivity index (χ4v) is 2.81. The summed E-state index contributed by atoms with van der Waals surface area (Å²) in [6, 6.07) is 14.1. The number of para-hydroxylation sites is 1. The highest BCUT2D eigenvalue weighted by molar-refractivity contribution is 5.68. The number of rotatable bonds is 4. The summed E-state index contributed by atoms with van der Waals surface area (Å²) in [6.07, 6.45) is 3.19. The fourth-order valence-electron chi connectivity index (χ4n) is 2.81. The Kier molecular flexibility index (Phi) is 3.83. The summed E-state index contributed by atoms with van der Waals surface area (Å²) >= 11 is 0. The van der Waals surface area contributed by atoms with Crippen molar-refractivity contribution in [2.24, 2.45) is 0 Å². The van der Waals surface area contributed by atoms with E-state index in [1.807, 2.05) is 36.4 Å². The van der Waals surface area contributed by atoms with Gasteiger partial charge in [-0.05, 0) is 42.7 Å². The van der Waals surface area contributed by atoms with Gasteiger partial charge in [0.2, 0.25) is 5.95 Å². The minimum atomic E-state index is 0.511. The Hall–Kier alpha value is -2.95. The number of ether oxygens (including phenoxy) is 1. The van der Waals surface area contributed by atoms with Crippen LogP contribution in [-0.2, 0) is 12.8 Å². The molecule has 1 radical (unpaired) electrons. The molecule has 2 heterocycles. The maximum Gasteiger partial charge on any atom is 0.230 e. The lowest BCUT2D eigenvalue weighted by molar-refractivity contribution is 0.358. The Morgan fingerprint density at radius 2 is 2.04 bits per heavy atom. The highest BCUT2D eigenvalue weighted by Gasteiger charge is 2.18. The van der Waals surface area contributed by atoms with E-state index in [1.165, 1.54) is 11.9 Å². The van der Waals surface area contributed by atoms with Crippen molar-refractivity contribution < 1.29 is 4.74 Å². The van der Waals surface area contributed by atoms with E-state index in [0.717, 1.165) is 35.4 Å². The molecule has 0 unspecified atom stereocenters. The van der Waals surface area contributed by atoms with Crippen molar-refractivity contribution in [3.8, 4) is 17.1 Å². The number of anilines is 2. The topological polar surface area (TPSA) is 59.9 Å². The molecule has 2 aromatic carbocycles. The smallest absolute Gasteiger partial charge is 0.230 e. The van der Waals surface area contributed by atoms with Crippen molar-refractivity contribution in [2.75, 3.05) is 11.9 Å². The number of benzene rings is 2. The zero-order valence-electron chi connectivity index (χ0n) is 13.2. The van der Waals surface area contributed by atoms with Crippen LogP contribution in [0.5, 0.6) is 5.75 Å². The van der Waals surface area contributed by atoms with Gasteiger partial charge in [-0.1, -0.05) is 24.3 Å². The van der Waals surface area contributed by atoms with Gasteiger partial charge < -0.3 is 10.1 Å². The second kappa shape index (κ2) is 6.28. The molecular formula is C19H17N4O. The fraction of sp³-hybridized carbons (Fsp3) is 0.158. The third-order valence-corrected chi connectivity index (χ3v) is 4.00. The molecule has 0 spiro atoms. The predicted molar refractivity (Wildman–Crippen MR) is 93.2 cm³/mol. The predicted octanol–water partition coefficient (Wildman–Crippen LogP) is 3.59. The van der Waals surface area contributed by atoms with Gasteiger partial charge >= 0.3 is 0 Å². The Labute approximate surface area is 140 Å². The van der Waals surface area contributed by atoms with E-state index >= 15 is 0 Å². The molecule has 0 saturated heterocycles. The standard InChI is InChI=1S/C19H17N4O/c1-2-13-5-3-7-15(11-13)22-19-21-12-20-18(23-19)16-8-4-6-14-9-10-24-17(14)16/h3-8,11-12H,1-2,9-10H2,(H,20,21,22,23). The van der Waals surface area contributed by atoms with Crippen LogP contribution >= 0.6 is 0 Å². The van der Waals surface area contributed by atoms with Gasteiger partial charge in [0.25, 0.3) is 0 Å². The molecule has 24 heavy (non-hydrogen) atoms. The van der Waals surface area contributed by atoms with Crippen molar-refractivity contribution in [1.82, 2.24) is 15.0 Å². The van der Waals surface area contributed by atoms with Crippen LogP contribution < -0.4 is 10.1 Å².